The standard InChI is InChI=1S/C91H58N4/c92-59-80-87(66-37-21-7-22-38-66)90(94-83-49-43-70(62-29-13-3-14-30-62)55-76(83)77-56-71(44-50-84(77)94)63-31-15-4-16-32-63)91(95-85-51-45-72(64-33-17-5-18-34-64)57-78(85)79-58-73(46-52-86(79)95)65-35-19-6-20-36-65)88(67-39-23-8-24-40-67)89(80)93-81-47-41-68(60-25-9-1-10-26-60)53-74(81)75-54-69(42-48-82(75)93)61-27-11-2-12-28-61/h1-58H. The first-order chi connectivity index (χ1) is 47.1. The lowest BCUT2D eigenvalue weighted by atomic mass is 9.88. The van der Waals surface area contributed by atoms with Crippen LogP contribution < -0.4 is 0 Å². The van der Waals surface area contributed by atoms with Crippen molar-refractivity contribution in [3.8, 4) is 112 Å². The Hall–Kier alpha value is -12.8. The van der Waals surface area contributed by atoms with Gasteiger partial charge in [0.05, 0.1) is 55.7 Å². The van der Waals surface area contributed by atoms with E-state index >= 15 is 0 Å². The number of nitrogens with zero attached hydrogens (tertiary/aromatic N) is 4. The van der Waals surface area contributed by atoms with Gasteiger partial charge >= 0.3 is 0 Å². The minimum atomic E-state index is 0.544. The van der Waals surface area contributed by atoms with Crippen LogP contribution in [0, 0.1) is 11.3 Å². The first-order valence-corrected chi connectivity index (χ1v) is 32.4. The smallest absolute Gasteiger partial charge is 0.102 e. The highest BCUT2D eigenvalue weighted by Crippen LogP contribution is 2.53. The van der Waals surface area contributed by atoms with Crippen LogP contribution in [0.2, 0.25) is 0 Å². The Morgan fingerprint density at radius 3 is 0.589 bits per heavy atom. The molecule has 3 aromatic heterocycles. The summed E-state index contributed by atoms with van der Waals surface area (Å²) in [6.07, 6.45) is 0. The Kier molecular flexibility index (Phi) is 13.2. The molecule has 0 aliphatic carbocycles. The lowest BCUT2D eigenvalue weighted by molar-refractivity contribution is 1.08. The number of hydrogen-bond donors (Lipinski definition) is 0. The highest BCUT2D eigenvalue weighted by atomic mass is 15.1. The van der Waals surface area contributed by atoms with Crippen molar-refractivity contribution >= 4 is 65.4 Å². The minimum absolute atomic E-state index is 0.544. The van der Waals surface area contributed by atoms with E-state index in [9.17, 15) is 5.26 Å². The number of benzene rings is 15. The molecule has 0 atom stereocenters. The lowest BCUT2D eigenvalue weighted by Crippen LogP contribution is -2.13. The average molecular weight is 1210 g/mol. The van der Waals surface area contributed by atoms with Crippen LogP contribution in [0.5, 0.6) is 0 Å². The predicted octanol–water partition coefficient (Wildman–Crippen LogP) is 24.2. The molecular formula is C91H58N4. The zero-order valence-electron chi connectivity index (χ0n) is 51.8. The molecule has 4 heteroatoms. The maximum atomic E-state index is 13.0. The summed E-state index contributed by atoms with van der Waals surface area (Å²) >= 11 is 0. The van der Waals surface area contributed by atoms with Gasteiger partial charge in [-0.2, -0.15) is 5.26 Å². The Morgan fingerprint density at radius 2 is 0.368 bits per heavy atom. The Balaban J connectivity index is 1.08. The number of nitriles is 1. The van der Waals surface area contributed by atoms with Gasteiger partial charge in [0.25, 0.3) is 0 Å². The van der Waals surface area contributed by atoms with Crippen LogP contribution in [0.15, 0.2) is 352 Å². The van der Waals surface area contributed by atoms with Gasteiger partial charge < -0.3 is 13.7 Å². The van der Waals surface area contributed by atoms with Gasteiger partial charge in [0, 0.05) is 43.4 Å². The van der Waals surface area contributed by atoms with Gasteiger partial charge in [0.2, 0.25) is 0 Å². The Morgan fingerprint density at radius 1 is 0.179 bits per heavy atom. The quantitative estimate of drug-likeness (QED) is 0.127. The Labute approximate surface area is 550 Å². The SMILES string of the molecule is N#Cc1c(-c2ccccc2)c(-n2c3ccc(-c4ccccc4)cc3c3cc(-c4ccccc4)ccc32)c(-n2c3ccc(-c4ccccc4)cc3c3cc(-c4ccccc4)ccc32)c(-c2ccccc2)c1-n1c2ccc(-c3ccccc3)cc2c2cc(-c3ccccc3)ccc21. The molecule has 0 N–H and O–H groups in total. The van der Waals surface area contributed by atoms with E-state index in [1.165, 1.54) is 0 Å². The van der Waals surface area contributed by atoms with Crippen molar-refractivity contribution in [3.63, 3.8) is 0 Å². The zero-order chi connectivity index (χ0) is 62.9. The monoisotopic (exact) mass is 1210 g/mol. The molecule has 15 aromatic carbocycles. The van der Waals surface area contributed by atoms with Crippen LogP contribution in [0.3, 0.4) is 0 Å². The first kappa shape index (κ1) is 55.1. The highest BCUT2D eigenvalue weighted by molar-refractivity contribution is 6.18. The van der Waals surface area contributed by atoms with E-state index in [0.29, 0.717) is 5.56 Å². The van der Waals surface area contributed by atoms with Gasteiger partial charge in [0.1, 0.15) is 6.07 Å². The third kappa shape index (κ3) is 9.20. The van der Waals surface area contributed by atoms with Gasteiger partial charge in [-0.25, -0.2) is 0 Å². The zero-order valence-corrected chi connectivity index (χ0v) is 51.8. The fraction of sp³-hybridized carbons (Fsp3) is 0. The van der Waals surface area contributed by atoms with Crippen molar-refractivity contribution in [2.45, 2.75) is 0 Å². The largest absolute Gasteiger partial charge is 0.307 e. The first-order valence-electron chi connectivity index (χ1n) is 32.4. The van der Waals surface area contributed by atoms with Gasteiger partial charge in [-0.05, 0) is 151 Å². The average Bonchev–Trinajstić information content (AvgIpc) is 1.43. The molecule has 0 unspecified atom stereocenters. The second-order valence-electron chi connectivity index (χ2n) is 24.6. The second kappa shape index (κ2) is 22.8. The van der Waals surface area contributed by atoms with Crippen molar-refractivity contribution in [1.82, 2.24) is 13.7 Å². The van der Waals surface area contributed by atoms with E-state index < -0.39 is 0 Å². The fourth-order valence-corrected chi connectivity index (χ4v) is 14.9. The van der Waals surface area contributed by atoms with E-state index in [0.717, 1.165) is 171 Å². The van der Waals surface area contributed by atoms with E-state index in [2.05, 4.69) is 372 Å². The molecule has 3 heterocycles. The van der Waals surface area contributed by atoms with Crippen LogP contribution in [0.1, 0.15) is 5.56 Å². The molecule has 0 aliphatic rings. The van der Waals surface area contributed by atoms with Crippen molar-refractivity contribution < 1.29 is 0 Å². The van der Waals surface area contributed by atoms with Crippen LogP contribution in [-0.4, -0.2) is 13.7 Å². The molecule has 0 amide bonds. The van der Waals surface area contributed by atoms with Crippen LogP contribution in [-0.2, 0) is 0 Å². The minimum Gasteiger partial charge on any atom is -0.307 e. The summed E-state index contributed by atoms with van der Waals surface area (Å²) in [7, 11) is 0. The molecule has 0 aliphatic heterocycles. The summed E-state index contributed by atoms with van der Waals surface area (Å²) in [5, 5.41) is 19.6. The van der Waals surface area contributed by atoms with E-state index in [1.807, 2.05) is 0 Å². The van der Waals surface area contributed by atoms with E-state index in [1.54, 1.807) is 0 Å². The van der Waals surface area contributed by atoms with E-state index in [-0.39, 0.29) is 0 Å². The molecule has 4 nitrogen and oxygen atoms in total. The van der Waals surface area contributed by atoms with Crippen molar-refractivity contribution in [1.29, 1.82) is 5.26 Å². The third-order valence-corrected chi connectivity index (χ3v) is 19.3. The van der Waals surface area contributed by atoms with Gasteiger partial charge in [-0.1, -0.05) is 279 Å². The van der Waals surface area contributed by atoms with Crippen molar-refractivity contribution in [2.75, 3.05) is 0 Å². The maximum absolute atomic E-state index is 13.0. The highest BCUT2D eigenvalue weighted by Gasteiger charge is 2.34. The topological polar surface area (TPSA) is 38.6 Å². The number of hydrogen-bond acceptors (Lipinski definition) is 1. The fourth-order valence-electron chi connectivity index (χ4n) is 14.9. The van der Waals surface area contributed by atoms with E-state index in [4.69, 9.17) is 0 Å². The van der Waals surface area contributed by atoms with Gasteiger partial charge in [0.15, 0.2) is 0 Å². The summed E-state index contributed by atoms with van der Waals surface area (Å²) in [5.41, 5.74) is 26.3. The molecule has 18 rings (SSSR count). The number of aromatic nitrogens is 3. The van der Waals surface area contributed by atoms with Crippen LogP contribution in [0.4, 0.5) is 0 Å². The molecular weight excluding hydrogens is 1150 g/mol. The maximum Gasteiger partial charge on any atom is 0.102 e. The lowest BCUT2D eigenvalue weighted by Gasteiger charge is -2.29. The van der Waals surface area contributed by atoms with Crippen LogP contribution in [0.25, 0.3) is 171 Å². The summed E-state index contributed by atoms with van der Waals surface area (Å²) in [6, 6.07) is 131. The Bertz CT molecular complexity index is 5730. The summed E-state index contributed by atoms with van der Waals surface area (Å²) < 4.78 is 7.47. The van der Waals surface area contributed by atoms with Gasteiger partial charge in [-0.15, -0.1) is 0 Å². The molecule has 0 saturated carbocycles. The number of fused-ring (bicyclic) bond motifs is 9. The molecule has 0 radical (unpaired) electrons. The molecule has 0 saturated heterocycles. The van der Waals surface area contributed by atoms with Gasteiger partial charge in [-0.3, -0.25) is 0 Å². The van der Waals surface area contributed by atoms with Crippen molar-refractivity contribution in [2.24, 2.45) is 0 Å². The number of rotatable bonds is 11. The molecule has 95 heavy (non-hydrogen) atoms. The second-order valence-corrected chi connectivity index (χ2v) is 24.6. The molecule has 0 bridgehead atoms. The molecule has 0 fully saturated rings. The summed E-state index contributed by atoms with van der Waals surface area (Å²) in [6.45, 7) is 0. The normalized spacial score (nSPS) is 11.6. The van der Waals surface area contributed by atoms with Crippen molar-refractivity contribution in [3.05, 3.63) is 357 Å². The van der Waals surface area contributed by atoms with Crippen LogP contribution >= 0.6 is 0 Å². The summed E-state index contributed by atoms with van der Waals surface area (Å²) in [5.74, 6) is 0. The molecule has 0 spiro atoms. The molecule has 18 aromatic rings. The summed E-state index contributed by atoms with van der Waals surface area (Å²) in [4.78, 5) is 0. The predicted molar refractivity (Wildman–Crippen MR) is 398 cm³/mol. The molecule has 442 valence electrons. The third-order valence-electron chi connectivity index (χ3n) is 19.3.